The fraction of sp³-hybridized carbons (Fsp3) is 0.802. The minimum Gasteiger partial charge on any atom is -0.477 e. The van der Waals surface area contributed by atoms with Crippen LogP contribution in [-0.2, 0) is 33.3 Å². The Bertz CT molecular complexity index is 1840. The zero-order valence-electron chi connectivity index (χ0n) is 63.3. The van der Waals surface area contributed by atoms with E-state index in [-0.39, 0.29) is 38.2 Å². The number of nitrogens with zero attached hydrogens (tertiary/aromatic N) is 1. The highest BCUT2D eigenvalue weighted by Crippen LogP contribution is 2.20. The predicted molar refractivity (Wildman–Crippen MR) is 410 cm³/mol. The molecule has 0 aromatic rings. The van der Waals surface area contributed by atoms with Crippen molar-refractivity contribution in [2.24, 2.45) is 0 Å². The molecule has 0 rings (SSSR count). The summed E-state index contributed by atoms with van der Waals surface area (Å²) in [6.45, 7) is 4.83. The van der Waals surface area contributed by atoms with Crippen LogP contribution in [0.15, 0.2) is 85.1 Å². The van der Waals surface area contributed by atoms with E-state index in [1.165, 1.54) is 276 Å². The van der Waals surface area contributed by atoms with Crippen LogP contribution in [0.2, 0.25) is 0 Å². The molecule has 0 fully saturated rings. The van der Waals surface area contributed by atoms with Gasteiger partial charge in [0.1, 0.15) is 13.2 Å². The molecule has 0 saturated heterocycles. The Morgan fingerprint density at radius 1 is 0.326 bits per heavy atom. The number of hydrogen-bond donors (Lipinski definition) is 1. The maximum absolute atomic E-state index is 13.0. The Balaban J connectivity index is 3.98. The fourth-order valence-electron chi connectivity index (χ4n) is 12.0. The van der Waals surface area contributed by atoms with Crippen molar-refractivity contribution in [3.63, 3.8) is 0 Å². The molecule has 0 aliphatic carbocycles. The normalized spacial score (nSPS) is 13.1. The van der Waals surface area contributed by atoms with Gasteiger partial charge in [-0.05, 0) is 70.6 Å². The summed E-state index contributed by atoms with van der Waals surface area (Å²) < 4.78 is 23.1. The summed E-state index contributed by atoms with van der Waals surface area (Å²) in [5.74, 6) is -1.98. The Morgan fingerprint density at radius 3 is 0.895 bits per heavy atom. The van der Waals surface area contributed by atoms with Crippen molar-refractivity contribution in [1.29, 1.82) is 0 Å². The predicted octanol–water partition coefficient (Wildman–Crippen LogP) is 26.2. The zero-order chi connectivity index (χ0) is 69.0. The highest BCUT2D eigenvalue weighted by Gasteiger charge is 2.25. The highest BCUT2D eigenvalue weighted by atomic mass is 16.7. The van der Waals surface area contributed by atoms with Gasteiger partial charge in [-0.25, -0.2) is 4.79 Å². The van der Waals surface area contributed by atoms with Crippen LogP contribution >= 0.6 is 0 Å². The molecule has 1 N–H and O–H groups in total. The summed E-state index contributed by atoms with van der Waals surface area (Å²) in [5, 5.41) is 9.78. The van der Waals surface area contributed by atoms with Gasteiger partial charge in [-0.1, -0.05) is 388 Å². The van der Waals surface area contributed by atoms with Crippen LogP contribution in [0.1, 0.15) is 386 Å². The Kier molecular flexibility index (Phi) is 73.4. The number of likely N-dealkylation sites (N-methyl/N-ethyl adjacent to an activating group) is 1. The number of allylic oxidation sites excluding steroid dienone is 14. The summed E-state index contributed by atoms with van der Waals surface area (Å²) in [6.07, 6.45) is 102. The first-order valence-electron chi connectivity index (χ1n) is 40.8. The molecule has 552 valence electrons. The van der Waals surface area contributed by atoms with Gasteiger partial charge >= 0.3 is 17.9 Å². The van der Waals surface area contributed by atoms with E-state index in [0.717, 1.165) is 83.5 Å². The van der Waals surface area contributed by atoms with Gasteiger partial charge in [0.2, 0.25) is 0 Å². The Morgan fingerprint density at radius 2 is 0.600 bits per heavy atom. The molecule has 0 bridgehead atoms. The lowest BCUT2D eigenvalue weighted by Gasteiger charge is -2.25. The van der Waals surface area contributed by atoms with Gasteiger partial charge in [-0.2, -0.15) is 0 Å². The summed E-state index contributed by atoms with van der Waals surface area (Å²) in [5.41, 5.74) is 0. The Hall–Kier alpha value is -3.53. The molecule has 0 aromatic heterocycles. The molecule has 0 heterocycles. The van der Waals surface area contributed by atoms with Gasteiger partial charge in [0.15, 0.2) is 6.10 Å². The van der Waals surface area contributed by atoms with Crippen LogP contribution < -0.4 is 0 Å². The van der Waals surface area contributed by atoms with Crippen LogP contribution in [0.3, 0.4) is 0 Å². The maximum Gasteiger partial charge on any atom is 0.361 e. The van der Waals surface area contributed by atoms with E-state index in [1.54, 1.807) is 0 Å². The number of aliphatic carboxylic acids is 1. The van der Waals surface area contributed by atoms with Crippen LogP contribution in [0.5, 0.6) is 0 Å². The molecule has 2 unspecified atom stereocenters. The van der Waals surface area contributed by atoms with Crippen molar-refractivity contribution < 1.29 is 42.9 Å². The van der Waals surface area contributed by atoms with Crippen molar-refractivity contribution in [1.82, 2.24) is 0 Å². The van der Waals surface area contributed by atoms with Crippen LogP contribution in [0, 0.1) is 0 Å². The van der Waals surface area contributed by atoms with Gasteiger partial charge in [0.05, 0.1) is 34.4 Å². The number of carboxylic acids is 1. The highest BCUT2D eigenvalue weighted by molar-refractivity contribution is 5.71. The molecule has 0 amide bonds. The number of carboxylic acid groups (broad SMARTS) is 1. The van der Waals surface area contributed by atoms with E-state index in [9.17, 15) is 19.5 Å². The number of unbranched alkanes of at least 4 members (excludes halogenated alkanes) is 47. The third-order valence-electron chi connectivity index (χ3n) is 18.2. The topological polar surface area (TPSA) is 108 Å². The number of quaternary nitrogens is 1. The average Bonchev–Trinajstić information content (AvgIpc) is 3.54. The fourth-order valence-corrected chi connectivity index (χ4v) is 12.0. The van der Waals surface area contributed by atoms with E-state index in [1.807, 2.05) is 21.1 Å². The quantitative estimate of drug-likeness (QED) is 0.0211. The van der Waals surface area contributed by atoms with Crippen molar-refractivity contribution >= 4 is 17.9 Å². The van der Waals surface area contributed by atoms with Crippen molar-refractivity contribution in [3.8, 4) is 0 Å². The Labute approximate surface area is 589 Å². The number of hydrogen-bond acceptors (Lipinski definition) is 7. The zero-order valence-corrected chi connectivity index (χ0v) is 63.3. The molecule has 9 heteroatoms. The van der Waals surface area contributed by atoms with Crippen molar-refractivity contribution in [3.05, 3.63) is 85.1 Å². The second-order valence-electron chi connectivity index (χ2n) is 28.7. The van der Waals surface area contributed by atoms with Gasteiger partial charge in [0.25, 0.3) is 6.29 Å². The lowest BCUT2D eigenvalue weighted by molar-refractivity contribution is -0.870. The van der Waals surface area contributed by atoms with Gasteiger partial charge in [0, 0.05) is 12.8 Å². The van der Waals surface area contributed by atoms with Crippen molar-refractivity contribution in [2.45, 2.75) is 399 Å². The number of carbonyl (C=O) groups is 3. The van der Waals surface area contributed by atoms with Gasteiger partial charge < -0.3 is 28.5 Å². The van der Waals surface area contributed by atoms with E-state index in [0.29, 0.717) is 17.4 Å². The summed E-state index contributed by atoms with van der Waals surface area (Å²) >= 11 is 0. The molecular weight excluding hydrogens is 1170 g/mol. The van der Waals surface area contributed by atoms with Crippen LogP contribution in [-0.4, -0.2) is 87.4 Å². The summed E-state index contributed by atoms with van der Waals surface area (Å²) in [6, 6.07) is 0. The third kappa shape index (κ3) is 77.7. The minimum absolute atomic E-state index is 0.178. The molecule has 95 heavy (non-hydrogen) atoms. The van der Waals surface area contributed by atoms with E-state index < -0.39 is 18.4 Å². The summed E-state index contributed by atoms with van der Waals surface area (Å²) in [7, 11) is 6.00. The largest absolute Gasteiger partial charge is 0.477 e. The first-order chi connectivity index (χ1) is 46.6. The number of esters is 2. The average molecular weight is 1330 g/mol. The molecule has 0 aliphatic heterocycles. The van der Waals surface area contributed by atoms with Gasteiger partial charge in [-0.3, -0.25) is 9.59 Å². The molecular formula is C86H156NO8+. The van der Waals surface area contributed by atoms with E-state index >= 15 is 0 Å². The molecule has 0 aliphatic rings. The van der Waals surface area contributed by atoms with Gasteiger partial charge in [-0.15, -0.1) is 0 Å². The summed E-state index contributed by atoms with van der Waals surface area (Å²) in [4.78, 5) is 37.7. The number of rotatable bonds is 76. The first kappa shape index (κ1) is 91.5. The molecule has 9 nitrogen and oxygen atoms in total. The minimum atomic E-state index is -1.51. The third-order valence-corrected chi connectivity index (χ3v) is 18.2. The van der Waals surface area contributed by atoms with Crippen LogP contribution in [0.4, 0.5) is 0 Å². The molecule has 0 radical (unpaired) electrons. The lowest BCUT2D eigenvalue weighted by Crippen LogP contribution is -2.40. The van der Waals surface area contributed by atoms with Crippen LogP contribution in [0.25, 0.3) is 0 Å². The maximum atomic E-state index is 13.0. The standard InChI is InChI=1S/C86H155NO8/c1-6-8-10-12-14-16-18-20-22-24-26-28-30-32-34-36-37-38-39-40-41-42-43-44-45-46-47-49-51-53-55-57-59-61-63-65-67-69-71-73-75-77-84(89)95-82(81-94-86(85(90)91)92-79-78-87(3,4)5)80-93-83(88)76-74-72-70-68-66-64-62-60-58-56-54-52-50-48-35-33-31-29-27-25-23-21-19-17-15-13-11-9-7-2/h8,10,14,16,20,22,26,28,32,34,37-38,40-41,82,86H,6-7,9,11-13,15,17-19,21,23-25,27,29-31,33,35-36,39,42-81H2,1-5H3/p+1/b10-8-,16-14-,22-20-,28-26-,34-32-,38-37-,41-40-. The molecule has 0 spiro atoms. The second-order valence-corrected chi connectivity index (χ2v) is 28.7. The van der Waals surface area contributed by atoms with E-state index in [2.05, 4.69) is 98.9 Å². The molecule has 2 atom stereocenters. The van der Waals surface area contributed by atoms with Crippen molar-refractivity contribution in [2.75, 3.05) is 47.5 Å². The lowest BCUT2D eigenvalue weighted by atomic mass is 10.0. The second kappa shape index (κ2) is 76.2. The molecule has 0 aromatic carbocycles. The monoisotopic (exact) mass is 1330 g/mol. The SMILES string of the molecule is CC/C=C\C/C=C\C/C=C\C/C=C\C/C=C\C/C=C\C/C=C\CCCCCCCCCCCCCCCCCCCCCC(=O)OC(COC(=O)CCCCCCCCCCCCCCCCCCCCCCCCCCCCCCC)COC(OCC[N+](C)(C)C)C(=O)O. The molecule has 0 saturated carbocycles. The first-order valence-corrected chi connectivity index (χ1v) is 40.8. The number of carbonyl (C=O) groups excluding carboxylic acids is 2. The van der Waals surface area contributed by atoms with E-state index in [4.69, 9.17) is 18.9 Å². The smallest absolute Gasteiger partial charge is 0.361 e. The number of ether oxygens (including phenoxy) is 4.